The number of benzene rings is 2. The van der Waals surface area contributed by atoms with Gasteiger partial charge in [-0.15, -0.1) is 0 Å². The summed E-state index contributed by atoms with van der Waals surface area (Å²) in [6.45, 7) is 4.26. The molecule has 0 radical (unpaired) electrons. The van der Waals surface area contributed by atoms with Gasteiger partial charge in [0.25, 0.3) is 0 Å². The van der Waals surface area contributed by atoms with Crippen LogP contribution in [0.4, 0.5) is 0 Å². The Labute approximate surface area is 633 Å². The van der Waals surface area contributed by atoms with Crippen LogP contribution in [0.5, 0.6) is 0 Å². The smallest absolute Gasteiger partial charge is 0.328 e. The molecule has 13 amide bonds. The Morgan fingerprint density at radius 2 is 1.05 bits per heavy atom. The number of carbonyl (C=O) groups excluding carboxylic acids is 13. The van der Waals surface area contributed by atoms with E-state index in [4.69, 9.17) is 11.5 Å². The molecule has 0 unspecified atom stereocenters. The van der Waals surface area contributed by atoms with Crippen LogP contribution < -0.4 is 75.3 Å². The fraction of sp³-hybridized carbons (Fsp3) is 0.563. The molecule has 3 heterocycles. The predicted molar refractivity (Wildman–Crippen MR) is 398 cm³/mol. The van der Waals surface area contributed by atoms with Crippen molar-refractivity contribution in [2.24, 2.45) is 23.3 Å². The number of nitrogens with zero attached hydrogens (tertiary/aromatic N) is 1. The minimum absolute atomic E-state index is 0.0134. The lowest BCUT2D eigenvalue weighted by molar-refractivity contribution is -0.144. The number of carboxylic acid groups (broad SMARTS) is 2. The van der Waals surface area contributed by atoms with Gasteiger partial charge in [-0.1, -0.05) is 70.5 Å². The molecule has 600 valence electrons. The summed E-state index contributed by atoms with van der Waals surface area (Å²) in [5, 5.41) is 79.6. The Bertz CT molecular complexity index is 3820. The number of nitrogens with one attached hydrogen (secondary N) is 14. The van der Waals surface area contributed by atoms with Crippen LogP contribution in [-0.4, -0.2) is 260 Å². The minimum Gasteiger partial charge on any atom is -0.481 e. The van der Waals surface area contributed by atoms with Crippen molar-refractivity contribution in [1.29, 1.82) is 0 Å². The number of aromatic amines is 2. The van der Waals surface area contributed by atoms with E-state index in [1.54, 1.807) is 94.9 Å². The number of amides is 13. The van der Waals surface area contributed by atoms with Crippen LogP contribution in [0, 0.1) is 11.8 Å². The van der Waals surface area contributed by atoms with E-state index in [0.717, 1.165) is 4.90 Å². The summed E-state index contributed by atoms with van der Waals surface area (Å²) in [6, 6.07) is -2.98. The maximum Gasteiger partial charge on any atom is 0.328 e. The van der Waals surface area contributed by atoms with Gasteiger partial charge < -0.3 is 116 Å². The SMILES string of the molecule is CC[C@H](C)[C@H](NC(=O)[C@@H]1CCCN1C(=O)[C@H](CCC(=O)O)NC(=O)[C@H](CC(C)C)NC(=O)[C@H](CCSC)NC(=O)[C@H](Cc1c[nH]c2ccccc12)NC(=O)CNC(=O)[C@H](CO)NC(=O)[C@@H](N)CO)C(=O)N[C@@H](C)C(=O)NCC(=O)N[C@@H](CCCCN)C(=O)N[C@@H](Cc1c[nH]c2ccccc12)C(=O)N[C@@H](CO)C(=O)O. The number of para-hydroxylation sites is 2. The zero-order valence-electron chi connectivity index (χ0n) is 61.9. The number of aliphatic hydroxyl groups is 3. The van der Waals surface area contributed by atoms with Crippen LogP contribution >= 0.6 is 11.8 Å². The molecule has 1 saturated heterocycles. The van der Waals surface area contributed by atoms with Gasteiger partial charge in [0.05, 0.1) is 32.9 Å². The molecule has 5 rings (SSSR count). The number of fused-ring (bicyclic) bond motifs is 2. The molecule has 1 aliphatic heterocycles. The maximum absolute atomic E-state index is 14.7. The normalized spacial score (nSPS) is 16.0. The molecule has 0 spiro atoms. The average Bonchev–Trinajstić information content (AvgIpc) is 1.72. The summed E-state index contributed by atoms with van der Waals surface area (Å²) >= 11 is 1.32. The van der Waals surface area contributed by atoms with Crippen molar-refractivity contribution >= 4 is 122 Å². The molecule has 38 heteroatoms. The fourth-order valence-corrected chi connectivity index (χ4v) is 12.5. The maximum atomic E-state index is 14.7. The van der Waals surface area contributed by atoms with Crippen molar-refractivity contribution in [3.05, 3.63) is 72.1 Å². The lowest BCUT2D eigenvalue weighted by Crippen LogP contribution is -2.60. The highest BCUT2D eigenvalue weighted by atomic mass is 32.2. The number of unbranched alkanes of at least 4 members (excludes halogenated alkanes) is 1. The van der Waals surface area contributed by atoms with Crippen LogP contribution in [0.25, 0.3) is 21.8 Å². The Morgan fingerprint density at radius 3 is 1.58 bits per heavy atom. The molecular formula is C71H105N17O20S. The summed E-state index contributed by atoms with van der Waals surface area (Å²) in [7, 11) is 0. The second-order valence-corrected chi connectivity index (χ2v) is 28.1. The Morgan fingerprint density at radius 1 is 0.550 bits per heavy atom. The number of hydrogen-bond donors (Lipinski definition) is 21. The first-order valence-electron chi connectivity index (χ1n) is 36.1. The Hall–Kier alpha value is -10.3. The summed E-state index contributed by atoms with van der Waals surface area (Å²) in [5.74, 6) is -15.0. The fourth-order valence-electron chi connectivity index (χ4n) is 12.0. The molecule has 0 bridgehead atoms. The molecule has 2 aromatic heterocycles. The lowest BCUT2D eigenvalue weighted by atomic mass is 9.97. The highest BCUT2D eigenvalue weighted by Gasteiger charge is 2.42. The van der Waals surface area contributed by atoms with Crippen LogP contribution in [-0.2, 0) is 84.8 Å². The number of carbonyl (C=O) groups is 15. The molecule has 37 nitrogen and oxygen atoms in total. The van der Waals surface area contributed by atoms with Gasteiger partial charge in [0.1, 0.15) is 72.5 Å². The number of rotatable bonds is 47. The second-order valence-electron chi connectivity index (χ2n) is 27.1. The topological polar surface area (TPSA) is 588 Å². The number of aromatic nitrogens is 2. The van der Waals surface area contributed by atoms with E-state index in [1.165, 1.54) is 18.7 Å². The third-order valence-electron chi connectivity index (χ3n) is 18.3. The number of thioether (sulfide) groups is 1. The number of aliphatic carboxylic acids is 2. The number of likely N-dealkylation sites (tertiary alicyclic amines) is 1. The Balaban J connectivity index is 1.26. The molecule has 23 N–H and O–H groups in total. The number of H-pyrrole nitrogens is 2. The molecule has 1 fully saturated rings. The summed E-state index contributed by atoms with van der Waals surface area (Å²) < 4.78 is 0. The van der Waals surface area contributed by atoms with Crippen molar-refractivity contribution in [2.45, 2.75) is 184 Å². The highest BCUT2D eigenvalue weighted by Crippen LogP contribution is 2.24. The van der Waals surface area contributed by atoms with Crippen LogP contribution in [0.15, 0.2) is 60.9 Å². The molecule has 0 saturated carbocycles. The van der Waals surface area contributed by atoms with Gasteiger partial charge >= 0.3 is 11.9 Å². The lowest BCUT2D eigenvalue weighted by Gasteiger charge is -2.32. The van der Waals surface area contributed by atoms with Gasteiger partial charge in [-0.05, 0) is 112 Å². The monoisotopic (exact) mass is 1550 g/mol. The number of nitrogens with two attached hydrogens (primary N) is 2. The largest absolute Gasteiger partial charge is 0.481 e. The third-order valence-corrected chi connectivity index (χ3v) is 18.9. The van der Waals surface area contributed by atoms with E-state index in [1.807, 2.05) is 0 Å². The quantitative estimate of drug-likeness (QED) is 0.0186. The second kappa shape index (κ2) is 44.9. The van der Waals surface area contributed by atoms with E-state index >= 15 is 0 Å². The van der Waals surface area contributed by atoms with Gasteiger partial charge in [0, 0.05) is 60.0 Å². The molecule has 109 heavy (non-hydrogen) atoms. The van der Waals surface area contributed by atoms with E-state index in [9.17, 15) is 97.5 Å². The summed E-state index contributed by atoms with van der Waals surface area (Å²) in [5.41, 5.74) is 13.8. The molecule has 2 aromatic carbocycles. The molecule has 1 aliphatic rings. The van der Waals surface area contributed by atoms with Crippen LogP contribution in [0.3, 0.4) is 0 Å². The number of hydrogen-bond acceptors (Lipinski definition) is 21. The molecular weight excluding hydrogens is 1440 g/mol. The summed E-state index contributed by atoms with van der Waals surface area (Å²) in [6.07, 6.45) is 4.90. The van der Waals surface area contributed by atoms with Crippen molar-refractivity contribution in [3.63, 3.8) is 0 Å². The van der Waals surface area contributed by atoms with Gasteiger partial charge in [-0.3, -0.25) is 67.1 Å². The number of carboxylic acids is 2. The average molecular weight is 1550 g/mol. The summed E-state index contributed by atoms with van der Waals surface area (Å²) in [4.78, 5) is 212. The van der Waals surface area contributed by atoms with Crippen molar-refractivity contribution in [3.8, 4) is 0 Å². The van der Waals surface area contributed by atoms with Crippen molar-refractivity contribution < 1.29 is 97.5 Å². The third kappa shape index (κ3) is 27.7. The van der Waals surface area contributed by atoms with E-state index < -0.39 is 213 Å². The molecule has 13 atom stereocenters. The number of aliphatic hydroxyl groups excluding tert-OH is 3. The molecule has 4 aromatic rings. The zero-order chi connectivity index (χ0) is 80.6. The van der Waals surface area contributed by atoms with Gasteiger partial charge in [0.2, 0.25) is 76.8 Å². The van der Waals surface area contributed by atoms with E-state index in [-0.39, 0.29) is 69.7 Å². The molecule has 0 aliphatic carbocycles. The minimum atomic E-state index is -1.71. The van der Waals surface area contributed by atoms with E-state index in [0.29, 0.717) is 52.2 Å². The first-order chi connectivity index (χ1) is 51.9. The highest BCUT2D eigenvalue weighted by molar-refractivity contribution is 7.98. The standard InChI is InChI=1S/C71H105N17O20S/c1-7-38(4)59(69(105)78-39(5)60(96)76-32-56(92)79-47(19-12-13-24-72)63(99)84-52(67(103)86-54(36-91)71(107)108)29-41-31-75-46-18-11-9-16-43(41)46)87-68(104)55-20-14-25-88(55)70(106)49(21-22-58(94)95)82-65(101)50(27-37(2)3)83-64(100)48(23-26-109-6)81-66(102)51(28-40-30-74-45-17-10-8-15-42(40)45)80-57(93)33-77-62(98)53(35-90)85-61(97)44(73)34-89/h8-11,15-18,30-31,37-39,44,47-55,59,74-75,89-91H,7,12-14,19-29,32-36,72-73H2,1-6H3,(H,76,96)(H,77,98)(H,78,105)(H,79,92)(H,80,93)(H,81,102)(H,82,101)(H,83,100)(H,84,99)(H,85,97)(H,86,103)(H,87,104)(H,94,95)(H,107,108)/t38-,39-,44-,47-,48-,49-,50-,51-,52-,53-,54-,55-,59-/m0/s1. The first kappa shape index (κ1) is 89.3. The van der Waals surface area contributed by atoms with Crippen LogP contribution in [0.1, 0.15) is 110 Å². The van der Waals surface area contributed by atoms with Crippen molar-refractivity contribution in [1.82, 2.24) is 78.7 Å². The first-order valence-corrected chi connectivity index (χ1v) is 37.5. The predicted octanol–water partition coefficient (Wildman–Crippen LogP) is -4.25. The van der Waals surface area contributed by atoms with Gasteiger partial charge in [-0.2, -0.15) is 11.8 Å². The van der Waals surface area contributed by atoms with Crippen LogP contribution in [0.2, 0.25) is 0 Å². The van der Waals surface area contributed by atoms with E-state index in [2.05, 4.69) is 73.8 Å². The van der Waals surface area contributed by atoms with Gasteiger partial charge in [-0.25, -0.2) is 4.79 Å². The van der Waals surface area contributed by atoms with Crippen molar-refractivity contribution in [2.75, 3.05) is 58.0 Å². The zero-order valence-corrected chi connectivity index (χ0v) is 62.7. The Kier molecular flexibility index (Phi) is 36.8. The van der Waals surface area contributed by atoms with Gasteiger partial charge in [0.15, 0.2) is 0 Å².